The van der Waals surface area contributed by atoms with Crippen molar-refractivity contribution in [2.45, 2.75) is 6.54 Å². The van der Waals surface area contributed by atoms with E-state index in [0.29, 0.717) is 19.8 Å². The van der Waals surface area contributed by atoms with Gasteiger partial charge < -0.3 is 14.9 Å². The molecule has 0 aliphatic rings. The monoisotopic (exact) mass is 239 g/mol. The number of rotatable bonds is 9. The Hall–Kier alpha value is -0.940. The highest BCUT2D eigenvalue weighted by Crippen LogP contribution is 2.03. The first-order valence-electron chi connectivity index (χ1n) is 5.92. The Balaban J connectivity index is 2.32. The Morgan fingerprint density at radius 1 is 0.941 bits per heavy atom. The molecule has 0 spiro atoms. The van der Waals surface area contributed by atoms with E-state index >= 15 is 0 Å². The lowest BCUT2D eigenvalue weighted by atomic mass is 10.2. The third-order valence-electron chi connectivity index (χ3n) is 2.45. The first kappa shape index (κ1) is 14.1. The maximum atomic E-state index is 8.99. The molecule has 0 aromatic heterocycles. The topological polar surface area (TPSA) is 52.9 Å². The van der Waals surface area contributed by atoms with E-state index in [1.807, 2.05) is 18.2 Å². The summed E-state index contributed by atoms with van der Waals surface area (Å²) in [4.78, 5) is 2.13. The molecule has 17 heavy (non-hydrogen) atoms. The molecule has 1 rings (SSSR count). The summed E-state index contributed by atoms with van der Waals surface area (Å²) in [5.41, 5.74) is 1.23. The minimum absolute atomic E-state index is 0.0543. The Bertz CT molecular complexity index is 279. The molecule has 1 aromatic carbocycles. The third kappa shape index (κ3) is 6.38. The number of hydrogen-bond donors (Lipinski definition) is 2. The Kier molecular flexibility index (Phi) is 7.58. The zero-order valence-electron chi connectivity index (χ0n) is 10.1. The maximum Gasteiger partial charge on any atom is 0.0698 e. The van der Waals surface area contributed by atoms with Crippen molar-refractivity contribution in [1.29, 1.82) is 0 Å². The van der Waals surface area contributed by atoms with Crippen LogP contribution in [0, 0.1) is 0 Å². The summed E-state index contributed by atoms with van der Waals surface area (Å²) in [6, 6.07) is 10.1. The van der Waals surface area contributed by atoms with Crippen LogP contribution in [0.4, 0.5) is 0 Å². The molecule has 4 heteroatoms. The normalized spacial score (nSPS) is 11.0. The van der Waals surface area contributed by atoms with Crippen LogP contribution in [0.2, 0.25) is 0 Å². The SMILES string of the molecule is OCCOCCN(CCO)Cc1ccccc1. The van der Waals surface area contributed by atoms with E-state index in [4.69, 9.17) is 14.9 Å². The van der Waals surface area contributed by atoms with Gasteiger partial charge in [-0.2, -0.15) is 0 Å². The van der Waals surface area contributed by atoms with Gasteiger partial charge in [0.05, 0.1) is 26.4 Å². The lowest BCUT2D eigenvalue weighted by molar-refractivity contribution is 0.0675. The molecule has 0 amide bonds. The predicted molar refractivity (Wildman–Crippen MR) is 66.7 cm³/mol. The molecular weight excluding hydrogens is 218 g/mol. The van der Waals surface area contributed by atoms with Crippen LogP contribution in [0.3, 0.4) is 0 Å². The first-order valence-corrected chi connectivity index (χ1v) is 5.92. The van der Waals surface area contributed by atoms with Crippen LogP contribution < -0.4 is 0 Å². The molecule has 0 heterocycles. The van der Waals surface area contributed by atoms with Crippen LogP contribution in [0.1, 0.15) is 5.56 Å². The summed E-state index contributed by atoms with van der Waals surface area (Å²) in [5, 5.41) is 17.6. The van der Waals surface area contributed by atoms with Gasteiger partial charge in [0.1, 0.15) is 0 Å². The van der Waals surface area contributed by atoms with Gasteiger partial charge in [-0.15, -0.1) is 0 Å². The second-order valence-electron chi connectivity index (χ2n) is 3.82. The largest absolute Gasteiger partial charge is 0.395 e. The molecule has 0 atom stereocenters. The highest BCUT2D eigenvalue weighted by molar-refractivity contribution is 5.14. The van der Waals surface area contributed by atoms with E-state index in [-0.39, 0.29) is 13.2 Å². The molecule has 0 bridgehead atoms. The van der Waals surface area contributed by atoms with Crippen LogP contribution in [0.5, 0.6) is 0 Å². The quantitative estimate of drug-likeness (QED) is 0.616. The first-order chi connectivity index (χ1) is 8.36. The lowest BCUT2D eigenvalue weighted by Gasteiger charge is -2.21. The van der Waals surface area contributed by atoms with Gasteiger partial charge in [0.2, 0.25) is 0 Å². The number of ether oxygens (including phenoxy) is 1. The van der Waals surface area contributed by atoms with Crippen LogP contribution in [-0.2, 0) is 11.3 Å². The minimum Gasteiger partial charge on any atom is -0.395 e. The van der Waals surface area contributed by atoms with E-state index < -0.39 is 0 Å². The minimum atomic E-state index is 0.0543. The van der Waals surface area contributed by atoms with Gasteiger partial charge >= 0.3 is 0 Å². The van der Waals surface area contributed by atoms with Crippen LogP contribution in [0.25, 0.3) is 0 Å². The average molecular weight is 239 g/mol. The van der Waals surface area contributed by atoms with Gasteiger partial charge in [-0.3, -0.25) is 4.90 Å². The van der Waals surface area contributed by atoms with Crippen molar-refractivity contribution in [1.82, 2.24) is 4.90 Å². The highest BCUT2D eigenvalue weighted by Gasteiger charge is 2.04. The molecule has 0 radical (unpaired) electrons. The maximum absolute atomic E-state index is 8.99. The molecule has 1 aromatic rings. The number of aliphatic hydroxyl groups is 2. The summed E-state index contributed by atoms with van der Waals surface area (Å²) in [7, 11) is 0. The van der Waals surface area contributed by atoms with Crippen molar-refractivity contribution in [3.63, 3.8) is 0 Å². The summed E-state index contributed by atoms with van der Waals surface area (Å²) in [6.45, 7) is 3.36. The average Bonchev–Trinajstić information content (AvgIpc) is 2.36. The van der Waals surface area contributed by atoms with Crippen molar-refractivity contribution in [3.8, 4) is 0 Å². The van der Waals surface area contributed by atoms with E-state index in [1.54, 1.807) is 0 Å². The number of benzene rings is 1. The fourth-order valence-corrected chi connectivity index (χ4v) is 1.61. The molecular formula is C13H21NO3. The fourth-order valence-electron chi connectivity index (χ4n) is 1.61. The van der Waals surface area contributed by atoms with E-state index in [0.717, 1.165) is 13.1 Å². The summed E-state index contributed by atoms with van der Waals surface area (Å²) in [5.74, 6) is 0. The lowest BCUT2D eigenvalue weighted by Crippen LogP contribution is -2.30. The molecule has 0 saturated heterocycles. The summed E-state index contributed by atoms with van der Waals surface area (Å²) >= 11 is 0. The Labute approximate surface area is 102 Å². The Morgan fingerprint density at radius 3 is 2.35 bits per heavy atom. The van der Waals surface area contributed by atoms with Crippen molar-refractivity contribution in [2.75, 3.05) is 39.5 Å². The molecule has 0 aliphatic heterocycles. The molecule has 0 saturated carbocycles. The van der Waals surface area contributed by atoms with Crippen LogP contribution in [-0.4, -0.2) is 54.6 Å². The molecule has 0 fully saturated rings. The number of aliphatic hydroxyl groups excluding tert-OH is 2. The molecule has 4 nitrogen and oxygen atoms in total. The smallest absolute Gasteiger partial charge is 0.0698 e. The van der Waals surface area contributed by atoms with Gasteiger partial charge in [0.15, 0.2) is 0 Å². The second kappa shape index (κ2) is 9.13. The molecule has 0 aliphatic carbocycles. The fraction of sp³-hybridized carbons (Fsp3) is 0.538. The third-order valence-corrected chi connectivity index (χ3v) is 2.45. The summed E-state index contributed by atoms with van der Waals surface area (Å²) < 4.78 is 5.22. The van der Waals surface area contributed by atoms with Crippen LogP contribution >= 0.6 is 0 Å². The van der Waals surface area contributed by atoms with E-state index in [2.05, 4.69) is 17.0 Å². The summed E-state index contributed by atoms with van der Waals surface area (Å²) in [6.07, 6.45) is 0. The predicted octanol–water partition coefficient (Wildman–Crippen LogP) is 0.490. The van der Waals surface area contributed by atoms with Crippen molar-refractivity contribution in [2.24, 2.45) is 0 Å². The number of hydrogen-bond acceptors (Lipinski definition) is 4. The van der Waals surface area contributed by atoms with E-state index in [1.165, 1.54) is 5.56 Å². The number of nitrogens with zero attached hydrogens (tertiary/aromatic N) is 1. The van der Waals surface area contributed by atoms with Gasteiger partial charge in [0, 0.05) is 19.6 Å². The van der Waals surface area contributed by atoms with Crippen molar-refractivity contribution < 1.29 is 14.9 Å². The van der Waals surface area contributed by atoms with Gasteiger partial charge in [0.25, 0.3) is 0 Å². The molecule has 2 N–H and O–H groups in total. The zero-order valence-corrected chi connectivity index (χ0v) is 10.1. The highest BCUT2D eigenvalue weighted by atomic mass is 16.5. The van der Waals surface area contributed by atoms with Gasteiger partial charge in [-0.25, -0.2) is 0 Å². The zero-order chi connectivity index (χ0) is 12.3. The Morgan fingerprint density at radius 2 is 1.71 bits per heavy atom. The standard InChI is InChI=1S/C13H21NO3/c15-8-6-14(7-10-17-11-9-16)12-13-4-2-1-3-5-13/h1-5,15-16H,6-12H2. The van der Waals surface area contributed by atoms with E-state index in [9.17, 15) is 0 Å². The van der Waals surface area contributed by atoms with Crippen molar-refractivity contribution in [3.05, 3.63) is 35.9 Å². The molecule has 0 unspecified atom stereocenters. The van der Waals surface area contributed by atoms with Gasteiger partial charge in [-0.1, -0.05) is 30.3 Å². The van der Waals surface area contributed by atoms with Gasteiger partial charge in [-0.05, 0) is 5.56 Å². The molecule has 96 valence electrons. The second-order valence-corrected chi connectivity index (χ2v) is 3.82. The van der Waals surface area contributed by atoms with Crippen LogP contribution in [0.15, 0.2) is 30.3 Å². The van der Waals surface area contributed by atoms with Crippen molar-refractivity contribution >= 4 is 0 Å².